The predicted octanol–water partition coefficient (Wildman–Crippen LogP) is 13.7. The average Bonchev–Trinajstić information content (AvgIpc) is 2.46. The number of aromatic nitrogens is 8. The molecule has 88 heavy (non-hydrogen) atoms. The number of benzene rings is 8. The van der Waals surface area contributed by atoms with E-state index in [4.69, 9.17) is 9.47 Å². The van der Waals surface area contributed by atoms with Gasteiger partial charge in [-0.2, -0.15) is 9.97 Å². The van der Waals surface area contributed by atoms with Gasteiger partial charge in [0.25, 0.3) is 31.8 Å². The Morgan fingerprint density at radius 3 is 1.22 bits per heavy atom. The molecule has 0 bridgehead atoms. The summed E-state index contributed by atoms with van der Waals surface area (Å²) in [4.78, 5) is 43.0. The smallest absolute Gasteiger partial charge is 0.262 e. The van der Waals surface area contributed by atoms with Gasteiger partial charge < -0.3 is 18.6 Å². The predicted molar refractivity (Wildman–Crippen MR) is 340 cm³/mol. The van der Waals surface area contributed by atoms with Crippen LogP contribution in [0.3, 0.4) is 0 Å². The molecule has 2 unspecified atom stereocenters. The topological polar surface area (TPSA) is 215 Å². The van der Waals surface area contributed by atoms with Crippen molar-refractivity contribution in [1.29, 1.82) is 0 Å². The Morgan fingerprint density at radius 2 is 0.830 bits per heavy atom. The van der Waals surface area contributed by atoms with Crippen molar-refractivity contribution >= 4 is 71.7 Å². The molecule has 436 valence electrons. The number of nitrogens with one attached hydrogen (secondary N) is 2. The Morgan fingerprint density at radius 1 is 0.455 bits per heavy atom. The van der Waals surface area contributed by atoms with Gasteiger partial charge in [0.2, 0.25) is 0 Å². The van der Waals surface area contributed by atoms with Crippen LogP contribution in [0, 0.1) is 13.8 Å². The van der Waals surface area contributed by atoms with Crippen molar-refractivity contribution in [2.45, 2.75) is 48.6 Å². The van der Waals surface area contributed by atoms with Crippen LogP contribution < -0.4 is 18.9 Å². The molecule has 19 heteroatoms. The number of Topliss-reactive ketones (excluding diaryl/α,β-unsaturated/α-hetero) is 1. The van der Waals surface area contributed by atoms with E-state index in [-0.39, 0.29) is 15.6 Å². The Bertz CT molecular complexity index is 4450. The van der Waals surface area contributed by atoms with E-state index >= 15 is 4.79 Å². The van der Waals surface area contributed by atoms with E-state index in [0.717, 1.165) is 22.3 Å². The van der Waals surface area contributed by atoms with Crippen molar-refractivity contribution in [2.75, 3.05) is 9.44 Å². The summed E-state index contributed by atoms with van der Waals surface area (Å²) in [5.41, 5.74) is 8.88. The highest BCUT2D eigenvalue weighted by Gasteiger charge is 2.28. The molecule has 12 rings (SSSR count). The van der Waals surface area contributed by atoms with Crippen LogP contribution >= 0.6 is 0 Å². The van der Waals surface area contributed by atoms with Gasteiger partial charge in [-0.15, -0.1) is 0 Å². The lowest BCUT2D eigenvalue weighted by molar-refractivity contribution is -0.120. The summed E-state index contributed by atoms with van der Waals surface area (Å²) >= 11 is 0. The molecule has 4 aromatic heterocycles. The number of hydrogen-bond donors (Lipinski definition) is 2. The Labute approximate surface area is 508 Å². The number of ketones is 1. The van der Waals surface area contributed by atoms with Crippen LogP contribution in [0.1, 0.15) is 56.3 Å². The van der Waals surface area contributed by atoms with Crippen molar-refractivity contribution in [3.63, 3.8) is 0 Å². The molecule has 4 heterocycles. The molecule has 0 fully saturated rings. The molecule has 0 aliphatic carbocycles. The van der Waals surface area contributed by atoms with Crippen molar-refractivity contribution in [3.8, 4) is 23.3 Å². The summed E-state index contributed by atoms with van der Waals surface area (Å²) in [5.74, 6) is -0.485. The first-order valence-corrected chi connectivity index (χ1v) is 31.0. The number of fused-ring (bicyclic) bond motifs is 2. The number of anilines is 2. The third-order valence-corrected chi connectivity index (χ3v) is 17.8. The summed E-state index contributed by atoms with van der Waals surface area (Å²) in [7, 11) is -7.92. The van der Waals surface area contributed by atoms with E-state index in [0.29, 0.717) is 92.3 Å². The van der Waals surface area contributed by atoms with Crippen LogP contribution in [0.5, 0.6) is 23.3 Å². The van der Waals surface area contributed by atoms with Crippen LogP contribution in [-0.2, 0) is 37.9 Å². The maximum atomic E-state index is 15.7. The third-order valence-electron chi connectivity index (χ3n) is 14.7. The van der Waals surface area contributed by atoms with Crippen LogP contribution in [-0.4, -0.2) is 61.7 Å². The molecular weight excluding hydrogens is 1140 g/mol. The van der Waals surface area contributed by atoms with E-state index in [1.807, 2.05) is 118 Å². The van der Waals surface area contributed by atoms with Crippen molar-refractivity contribution in [3.05, 3.63) is 288 Å². The lowest BCUT2D eigenvalue weighted by atomic mass is 9.82. The van der Waals surface area contributed by atoms with Crippen LogP contribution in [0.2, 0.25) is 0 Å². The van der Waals surface area contributed by atoms with E-state index in [1.165, 1.54) is 12.7 Å². The second-order valence-corrected chi connectivity index (χ2v) is 24.1. The van der Waals surface area contributed by atoms with Gasteiger partial charge in [-0.25, -0.2) is 36.8 Å². The Kier molecular flexibility index (Phi) is 16.6. The first-order valence-electron chi connectivity index (χ1n) is 28.0. The third kappa shape index (κ3) is 13.2. The SMILES string of the molecule is Cc1ccccc1S(=O)(=O)Nc1ccc(C(/C=C/c2ccc(Oc3ncnc4c3ncn4Cc3ccccc3)cc2)C(=O)C(/C=C/c2ccc(Oc3ncnc4c3ncn4Cc3ccccc3)cc2)c2ccc(NS(=O)(=O)c3ccccc3C)cc2)cc1. The Hall–Kier alpha value is -10.9. The summed E-state index contributed by atoms with van der Waals surface area (Å²) in [5, 5.41) is 0. The minimum atomic E-state index is -3.96. The monoisotopic (exact) mass is 1200 g/mol. The summed E-state index contributed by atoms with van der Waals surface area (Å²) in [6.07, 6.45) is 13.6. The van der Waals surface area contributed by atoms with E-state index in [1.54, 1.807) is 148 Å². The molecule has 0 aliphatic heterocycles. The molecule has 12 aromatic rings. The van der Waals surface area contributed by atoms with Gasteiger partial charge in [-0.1, -0.05) is 170 Å². The van der Waals surface area contributed by atoms with Crippen molar-refractivity contribution < 1.29 is 31.1 Å². The Balaban J connectivity index is 0.852. The molecule has 0 radical (unpaired) electrons. The lowest BCUT2D eigenvalue weighted by Crippen LogP contribution is -2.19. The average molecular weight is 1200 g/mol. The minimum absolute atomic E-state index is 0.145. The number of carbonyl (C=O) groups is 1. The minimum Gasteiger partial charge on any atom is -0.437 e. The van der Waals surface area contributed by atoms with Crippen molar-refractivity contribution in [2.24, 2.45) is 0 Å². The maximum absolute atomic E-state index is 15.7. The van der Waals surface area contributed by atoms with Crippen LogP contribution in [0.4, 0.5) is 11.4 Å². The van der Waals surface area contributed by atoms with Crippen molar-refractivity contribution in [1.82, 2.24) is 39.0 Å². The number of allylic oxidation sites excluding steroid dienone is 2. The normalized spacial score (nSPS) is 12.6. The molecule has 17 nitrogen and oxygen atoms in total. The van der Waals surface area contributed by atoms with E-state index < -0.39 is 31.9 Å². The number of nitrogens with zero attached hydrogens (tertiary/aromatic N) is 8. The zero-order chi connectivity index (χ0) is 60.6. The number of rotatable bonds is 22. The number of imidazole rings is 2. The van der Waals surface area contributed by atoms with Crippen LogP contribution in [0.25, 0.3) is 34.5 Å². The van der Waals surface area contributed by atoms with Gasteiger partial charge in [-0.3, -0.25) is 14.2 Å². The molecule has 0 spiro atoms. The molecule has 0 saturated carbocycles. The number of hydrogen-bond acceptors (Lipinski definition) is 13. The lowest BCUT2D eigenvalue weighted by Gasteiger charge is -2.20. The molecule has 0 amide bonds. The fourth-order valence-corrected chi connectivity index (χ4v) is 12.8. The largest absolute Gasteiger partial charge is 0.437 e. The first kappa shape index (κ1) is 57.5. The fourth-order valence-electron chi connectivity index (χ4n) is 10.2. The van der Waals surface area contributed by atoms with E-state index in [9.17, 15) is 16.8 Å². The molecule has 8 aromatic carbocycles. The fraction of sp³-hybridized carbons (Fsp3) is 0.0870. The summed E-state index contributed by atoms with van der Waals surface area (Å²) in [6, 6.07) is 61.5. The second-order valence-electron chi connectivity index (χ2n) is 20.8. The molecule has 2 atom stereocenters. The molecule has 2 N–H and O–H groups in total. The number of sulfonamides is 2. The number of aryl methyl sites for hydroxylation is 2. The van der Waals surface area contributed by atoms with E-state index in [2.05, 4.69) is 39.3 Å². The number of carbonyl (C=O) groups excluding carboxylic acids is 1. The standard InChI is InChI=1S/C69H56N10O7S2/c1-47-13-9-11-19-61(47)87(81,82)76-55-31-27-53(28-32-55)59(39-25-49-21-35-57(36-22-49)85-68-63-66(70-43-72-68)78(45-74-63)41-51-15-5-3-6-16-51)65(80)60(54-29-33-56(34-30-54)77-88(83,84)62-20-12-10-14-48(62)2)40-26-50-23-37-58(38-24-50)86-69-64-67(71-44-73-69)79(46-75-64)42-52-17-7-4-8-18-52/h3-40,43-46,59-60,76-77H,41-42H2,1-2H3/b39-25+,40-26+. The number of ether oxygens (including phenoxy) is 2. The van der Waals surface area contributed by atoms with Gasteiger partial charge >= 0.3 is 0 Å². The van der Waals surface area contributed by atoms with Crippen LogP contribution in [0.15, 0.2) is 254 Å². The zero-order valence-corrected chi connectivity index (χ0v) is 49.2. The second kappa shape index (κ2) is 25.4. The molecular formula is C69H56N10O7S2. The highest BCUT2D eigenvalue weighted by atomic mass is 32.2. The zero-order valence-electron chi connectivity index (χ0n) is 47.6. The quantitative estimate of drug-likeness (QED) is 0.0647. The van der Waals surface area contributed by atoms with Gasteiger partial charge in [-0.05, 0) is 119 Å². The van der Waals surface area contributed by atoms with Gasteiger partial charge in [0, 0.05) is 11.4 Å². The van der Waals surface area contributed by atoms with Gasteiger partial charge in [0.1, 0.15) is 24.2 Å². The maximum Gasteiger partial charge on any atom is 0.262 e. The molecule has 0 saturated heterocycles. The highest BCUT2D eigenvalue weighted by Crippen LogP contribution is 2.35. The molecule has 0 aliphatic rings. The highest BCUT2D eigenvalue weighted by molar-refractivity contribution is 7.93. The van der Waals surface area contributed by atoms with Gasteiger partial charge in [0.05, 0.1) is 47.4 Å². The first-order chi connectivity index (χ1) is 42.8. The summed E-state index contributed by atoms with van der Waals surface area (Å²) in [6.45, 7) is 4.60. The van der Waals surface area contributed by atoms with Gasteiger partial charge in [0.15, 0.2) is 28.1 Å². The summed E-state index contributed by atoms with van der Waals surface area (Å²) < 4.78 is 76.3.